The molecule has 2 unspecified atom stereocenters. The molecule has 0 N–H and O–H groups in total. The van der Waals surface area contributed by atoms with Gasteiger partial charge >= 0.3 is 0 Å². The first-order chi connectivity index (χ1) is 14.7. The molecule has 1 rings (SSSR count). The Morgan fingerprint density at radius 1 is 1.10 bits per heavy atom. The second-order valence-electron chi connectivity index (χ2n) is 9.92. The SMILES string of the molecule is C/C(=C\c1ccccn1)CC/C=C(\C)CCCC(C)CC(C)C(=O)C(C)(C)CCC=O. The maximum absolute atomic E-state index is 12.7. The zero-order valence-corrected chi connectivity index (χ0v) is 20.6. The largest absolute Gasteiger partial charge is 0.303 e. The van der Waals surface area contributed by atoms with Crippen LogP contribution in [0.1, 0.15) is 98.6 Å². The number of hydrogen-bond donors (Lipinski definition) is 0. The molecule has 3 nitrogen and oxygen atoms in total. The summed E-state index contributed by atoms with van der Waals surface area (Å²) < 4.78 is 0. The normalized spacial score (nSPS) is 14.9. The molecule has 0 aliphatic carbocycles. The first-order valence-corrected chi connectivity index (χ1v) is 11.9. The molecule has 0 saturated carbocycles. The van der Waals surface area contributed by atoms with E-state index in [0.717, 1.165) is 44.1 Å². The summed E-state index contributed by atoms with van der Waals surface area (Å²) in [6.07, 6.45) is 14.9. The number of pyridine rings is 1. The van der Waals surface area contributed by atoms with E-state index in [2.05, 4.69) is 37.9 Å². The molecule has 3 heteroatoms. The van der Waals surface area contributed by atoms with Crippen molar-refractivity contribution >= 4 is 18.1 Å². The third-order valence-electron chi connectivity index (χ3n) is 6.14. The van der Waals surface area contributed by atoms with Gasteiger partial charge in [-0.15, -0.1) is 0 Å². The minimum atomic E-state index is -0.400. The molecule has 0 spiro atoms. The van der Waals surface area contributed by atoms with E-state index >= 15 is 0 Å². The minimum absolute atomic E-state index is 0.0576. The Morgan fingerprint density at radius 3 is 2.48 bits per heavy atom. The highest BCUT2D eigenvalue weighted by Crippen LogP contribution is 2.30. The second-order valence-corrected chi connectivity index (χ2v) is 9.92. The number of nitrogens with zero attached hydrogens (tertiary/aromatic N) is 1. The quantitative estimate of drug-likeness (QED) is 0.214. The highest BCUT2D eigenvalue weighted by molar-refractivity contribution is 5.86. The van der Waals surface area contributed by atoms with Crippen LogP contribution < -0.4 is 0 Å². The monoisotopic (exact) mass is 425 g/mol. The first-order valence-electron chi connectivity index (χ1n) is 11.9. The number of carbonyl (C=O) groups excluding carboxylic acids is 2. The van der Waals surface area contributed by atoms with Crippen LogP contribution in [0, 0.1) is 17.3 Å². The maximum Gasteiger partial charge on any atom is 0.141 e. The lowest BCUT2D eigenvalue weighted by atomic mass is 9.76. The summed E-state index contributed by atoms with van der Waals surface area (Å²) in [4.78, 5) is 27.7. The molecule has 0 saturated heterocycles. The van der Waals surface area contributed by atoms with E-state index in [4.69, 9.17) is 0 Å². The number of rotatable bonds is 15. The van der Waals surface area contributed by atoms with E-state index in [9.17, 15) is 9.59 Å². The van der Waals surface area contributed by atoms with Crippen molar-refractivity contribution in [3.05, 3.63) is 47.3 Å². The Bertz CT molecular complexity index is 731. The Morgan fingerprint density at radius 2 is 1.84 bits per heavy atom. The van der Waals surface area contributed by atoms with Gasteiger partial charge in [0.2, 0.25) is 0 Å². The Balaban J connectivity index is 2.32. The van der Waals surface area contributed by atoms with E-state index in [-0.39, 0.29) is 5.92 Å². The summed E-state index contributed by atoms with van der Waals surface area (Å²) in [6.45, 7) is 12.6. The zero-order chi connectivity index (χ0) is 23.3. The highest BCUT2D eigenvalue weighted by Gasteiger charge is 2.31. The molecule has 31 heavy (non-hydrogen) atoms. The van der Waals surface area contributed by atoms with E-state index in [1.165, 1.54) is 17.6 Å². The van der Waals surface area contributed by atoms with Crippen LogP contribution in [0.2, 0.25) is 0 Å². The van der Waals surface area contributed by atoms with Gasteiger partial charge in [-0.1, -0.05) is 57.4 Å². The summed E-state index contributed by atoms with van der Waals surface area (Å²) in [7, 11) is 0. The molecule has 0 bridgehead atoms. The molecule has 0 aliphatic rings. The van der Waals surface area contributed by atoms with Crippen molar-refractivity contribution < 1.29 is 9.59 Å². The number of ketones is 1. The summed E-state index contributed by atoms with van der Waals surface area (Å²) in [5.41, 5.74) is 3.43. The summed E-state index contributed by atoms with van der Waals surface area (Å²) in [6, 6.07) is 5.99. The summed E-state index contributed by atoms with van der Waals surface area (Å²) >= 11 is 0. The molecule has 0 aromatic carbocycles. The predicted octanol–water partition coefficient (Wildman–Crippen LogP) is 7.62. The number of aldehydes is 1. The number of Topliss-reactive ketones (excluding diaryl/α,β-unsaturated/α-hetero) is 1. The van der Waals surface area contributed by atoms with Crippen molar-refractivity contribution in [3.8, 4) is 0 Å². The van der Waals surface area contributed by atoms with Gasteiger partial charge in [-0.2, -0.15) is 0 Å². The molecule has 1 aromatic heterocycles. The lowest BCUT2D eigenvalue weighted by Gasteiger charge is -2.27. The van der Waals surface area contributed by atoms with Gasteiger partial charge < -0.3 is 4.79 Å². The van der Waals surface area contributed by atoms with E-state index in [1.807, 2.05) is 45.2 Å². The lowest BCUT2D eigenvalue weighted by molar-refractivity contribution is -0.131. The Labute approximate surface area is 190 Å². The van der Waals surface area contributed by atoms with Crippen LogP contribution in [-0.2, 0) is 9.59 Å². The molecule has 1 heterocycles. The average molecular weight is 426 g/mol. The van der Waals surface area contributed by atoms with Gasteiger partial charge in [-0.3, -0.25) is 9.78 Å². The van der Waals surface area contributed by atoms with E-state index in [1.54, 1.807) is 0 Å². The molecule has 0 fully saturated rings. The van der Waals surface area contributed by atoms with Gasteiger partial charge in [0.15, 0.2) is 0 Å². The van der Waals surface area contributed by atoms with Gasteiger partial charge in [0.25, 0.3) is 0 Å². The zero-order valence-electron chi connectivity index (χ0n) is 20.6. The smallest absolute Gasteiger partial charge is 0.141 e. The van der Waals surface area contributed by atoms with Crippen molar-refractivity contribution in [1.82, 2.24) is 4.98 Å². The first kappa shape index (κ1) is 27.0. The van der Waals surface area contributed by atoms with Crippen molar-refractivity contribution in [2.75, 3.05) is 0 Å². The maximum atomic E-state index is 12.7. The van der Waals surface area contributed by atoms with Gasteiger partial charge in [0.05, 0.1) is 5.69 Å². The van der Waals surface area contributed by atoms with Crippen molar-refractivity contribution in [2.24, 2.45) is 17.3 Å². The fraction of sp³-hybridized carbons (Fsp3) is 0.607. The number of aromatic nitrogens is 1. The molecule has 172 valence electrons. The minimum Gasteiger partial charge on any atom is -0.303 e. The molecule has 0 amide bonds. The van der Waals surface area contributed by atoms with Crippen LogP contribution in [0.4, 0.5) is 0 Å². The molecular formula is C28H43NO2. The van der Waals surface area contributed by atoms with Crippen molar-refractivity contribution in [3.63, 3.8) is 0 Å². The third kappa shape index (κ3) is 11.2. The third-order valence-corrected chi connectivity index (χ3v) is 6.14. The van der Waals surface area contributed by atoms with Crippen molar-refractivity contribution in [2.45, 2.75) is 92.9 Å². The van der Waals surface area contributed by atoms with Gasteiger partial charge in [-0.05, 0) is 76.5 Å². The van der Waals surface area contributed by atoms with Crippen molar-refractivity contribution in [1.29, 1.82) is 0 Å². The standard InChI is InChI=1S/C28H43NO2/c1-22(13-10-15-24(3)21-26-16-7-8-18-29-26)12-9-14-23(2)20-25(4)27(31)28(5,6)17-11-19-30/h7-8,13,16,18-19,21,23,25H,9-12,14-15,17,20H2,1-6H3/b22-13+,24-21+. The average Bonchev–Trinajstić information content (AvgIpc) is 2.72. The predicted molar refractivity (Wildman–Crippen MR) is 132 cm³/mol. The summed E-state index contributed by atoms with van der Waals surface area (Å²) in [5, 5.41) is 0. The molecule has 0 aliphatic heterocycles. The fourth-order valence-electron chi connectivity index (χ4n) is 4.20. The van der Waals surface area contributed by atoms with Crippen LogP contribution in [0.15, 0.2) is 41.6 Å². The lowest BCUT2D eigenvalue weighted by Crippen LogP contribution is -2.30. The van der Waals surface area contributed by atoms with Crippen LogP contribution in [0.5, 0.6) is 0 Å². The number of hydrogen-bond acceptors (Lipinski definition) is 3. The highest BCUT2D eigenvalue weighted by atomic mass is 16.1. The fourth-order valence-corrected chi connectivity index (χ4v) is 4.20. The topological polar surface area (TPSA) is 47.0 Å². The second kappa shape index (κ2) is 14.1. The Kier molecular flexibility index (Phi) is 12.3. The van der Waals surface area contributed by atoms with Gasteiger partial charge in [0, 0.05) is 24.0 Å². The van der Waals surface area contributed by atoms with E-state index < -0.39 is 5.41 Å². The van der Waals surface area contributed by atoms with Gasteiger partial charge in [-0.25, -0.2) is 0 Å². The molecule has 0 radical (unpaired) electrons. The van der Waals surface area contributed by atoms with Crippen LogP contribution in [0.3, 0.4) is 0 Å². The van der Waals surface area contributed by atoms with Crippen LogP contribution in [0.25, 0.3) is 6.08 Å². The number of allylic oxidation sites excluding steroid dienone is 3. The van der Waals surface area contributed by atoms with Crippen LogP contribution in [-0.4, -0.2) is 17.1 Å². The van der Waals surface area contributed by atoms with Crippen LogP contribution >= 0.6 is 0 Å². The van der Waals surface area contributed by atoms with E-state index in [0.29, 0.717) is 24.5 Å². The molecular weight excluding hydrogens is 382 g/mol. The molecule has 2 atom stereocenters. The number of carbonyl (C=O) groups is 2. The Hall–Kier alpha value is -2.03. The summed E-state index contributed by atoms with van der Waals surface area (Å²) in [5.74, 6) is 0.894. The molecule has 1 aromatic rings. The van der Waals surface area contributed by atoms with Gasteiger partial charge in [0.1, 0.15) is 12.1 Å².